The number of piperidine rings is 1. The highest BCUT2D eigenvalue weighted by Crippen LogP contribution is 2.32. The van der Waals surface area contributed by atoms with Crippen LogP contribution in [0.2, 0.25) is 0 Å². The lowest BCUT2D eigenvalue weighted by Crippen LogP contribution is -2.38. The van der Waals surface area contributed by atoms with Gasteiger partial charge in [0.1, 0.15) is 13.2 Å². The Morgan fingerprint density at radius 2 is 1.74 bits per heavy atom. The summed E-state index contributed by atoms with van der Waals surface area (Å²) in [6, 6.07) is 14.3. The first-order valence-electron chi connectivity index (χ1n) is 10.6. The number of Topliss-reactive ketones (excluding diaryl/α,β-unsaturated/α-hetero) is 1. The number of ether oxygens (including phenoxy) is 2. The summed E-state index contributed by atoms with van der Waals surface area (Å²) in [7, 11) is 0. The van der Waals surface area contributed by atoms with Crippen LogP contribution in [0, 0.1) is 17.2 Å². The number of hydrogen-bond donors (Lipinski definition) is 1. The maximum absolute atomic E-state index is 12.9. The average molecular weight is 419 g/mol. The van der Waals surface area contributed by atoms with Gasteiger partial charge in [-0.15, -0.1) is 0 Å². The SMILES string of the molecule is N#Cc1ccc(NC(=O)CCN2CCC(C(=O)c3ccc4c(c3)OCCO4)CC2)cc1. The highest BCUT2D eigenvalue weighted by atomic mass is 16.6. The summed E-state index contributed by atoms with van der Waals surface area (Å²) in [6.45, 7) is 3.29. The second kappa shape index (κ2) is 9.63. The van der Waals surface area contributed by atoms with Gasteiger partial charge in [0.15, 0.2) is 17.3 Å². The van der Waals surface area contributed by atoms with Crippen LogP contribution in [-0.4, -0.2) is 49.4 Å². The molecule has 1 fully saturated rings. The second-order valence-corrected chi connectivity index (χ2v) is 7.83. The van der Waals surface area contributed by atoms with Crippen molar-refractivity contribution in [1.29, 1.82) is 5.26 Å². The van der Waals surface area contributed by atoms with Crippen LogP contribution in [0.25, 0.3) is 0 Å². The van der Waals surface area contributed by atoms with E-state index < -0.39 is 0 Å². The lowest BCUT2D eigenvalue weighted by Gasteiger charge is -2.31. The summed E-state index contributed by atoms with van der Waals surface area (Å²) in [5.74, 6) is 1.42. The van der Waals surface area contributed by atoms with E-state index in [4.69, 9.17) is 14.7 Å². The lowest BCUT2D eigenvalue weighted by molar-refractivity contribution is -0.116. The van der Waals surface area contributed by atoms with Crippen LogP contribution in [0.4, 0.5) is 5.69 Å². The number of anilines is 1. The summed E-state index contributed by atoms with van der Waals surface area (Å²) < 4.78 is 11.1. The van der Waals surface area contributed by atoms with Crippen LogP contribution in [0.5, 0.6) is 11.5 Å². The van der Waals surface area contributed by atoms with Gasteiger partial charge in [-0.25, -0.2) is 0 Å². The average Bonchev–Trinajstić information content (AvgIpc) is 2.83. The fourth-order valence-electron chi connectivity index (χ4n) is 3.96. The molecule has 7 nitrogen and oxygen atoms in total. The molecule has 0 unspecified atom stereocenters. The molecule has 160 valence electrons. The van der Waals surface area contributed by atoms with Crippen molar-refractivity contribution in [3.05, 3.63) is 53.6 Å². The molecular weight excluding hydrogens is 394 g/mol. The third-order valence-electron chi connectivity index (χ3n) is 5.74. The minimum Gasteiger partial charge on any atom is -0.486 e. The highest BCUT2D eigenvalue weighted by Gasteiger charge is 2.27. The zero-order valence-electron chi connectivity index (χ0n) is 17.3. The minimum absolute atomic E-state index is 0.00807. The largest absolute Gasteiger partial charge is 0.486 e. The Hall–Kier alpha value is -3.37. The molecule has 0 saturated carbocycles. The van der Waals surface area contributed by atoms with Crippen LogP contribution in [0.1, 0.15) is 35.2 Å². The Morgan fingerprint density at radius 1 is 1.03 bits per heavy atom. The van der Waals surface area contributed by atoms with E-state index in [0.717, 1.165) is 25.9 Å². The first kappa shape index (κ1) is 20.9. The number of benzene rings is 2. The number of nitriles is 1. The number of fused-ring (bicyclic) bond motifs is 1. The maximum Gasteiger partial charge on any atom is 0.225 e. The standard InChI is InChI=1S/C24H25N3O4/c25-16-17-1-4-20(5-2-17)26-23(28)9-12-27-10-7-18(8-11-27)24(29)19-3-6-21-22(15-19)31-14-13-30-21/h1-6,15,18H,7-14H2,(H,26,28). The van der Waals surface area contributed by atoms with E-state index in [1.54, 1.807) is 30.3 Å². The predicted octanol–water partition coefficient (Wildman–Crippen LogP) is 3.25. The zero-order chi connectivity index (χ0) is 21.6. The molecule has 2 aliphatic rings. The number of nitrogens with one attached hydrogen (secondary N) is 1. The molecule has 1 amide bonds. The minimum atomic E-state index is -0.0563. The number of nitrogens with zero attached hydrogens (tertiary/aromatic N) is 2. The molecule has 7 heteroatoms. The summed E-state index contributed by atoms with van der Waals surface area (Å²) in [5, 5.41) is 11.7. The van der Waals surface area contributed by atoms with Gasteiger partial charge in [0, 0.05) is 30.1 Å². The Labute approximate surface area is 181 Å². The first-order chi connectivity index (χ1) is 15.1. The molecule has 0 radical (unpaired) electrons. The second-order valence-electron chi connectivity index (χ2n) is 7.83. The van der Waals surface area contributed by atoms with E-state index >= 15 is 0 Å². The maximum atomic E-state index is 12.9. The van der Waals surface area contributed by atoms with Crippen molar-refractivity contribution in [3.63, 3.8) is 0 Å². The van der Waals surface area contributed by atoms with Gasteiger partial charge in [0.25, 0.3) is 0 Å². The van der Waals surface area contributed by atoms with Crippen LogP contribution < -0.4 is 14.8 Å². The first-order valence-corrected chi connectivity index (χ1v) is 10.6. The number of hydrogen-bond acceptors (Lipinski definition) is 6. The van der Waals surface area contributed by atoms with Gasteiger partial charge in [-0.05, 0) is 68.4 Å². The molecule has 0 bridgehead atoms. The van der Waals surface area contributed by atoms with Crippen molar-refractivity contribution >= 4 is 17.4 Å². The molecular formula is C24H25N3O4. The van der Waals surface area contributed by atoms with Crippen LogP contribution in [0.15, 0.2) is 42.5 Å². The molecule has 1 saturated heterocycles. The van der Waals surface area contributed by atoms with E-state index in [2.05, 4.69) is 16.3 Å². The van der Waals surface area contributed by atoms with Crippen molar-refractivity contribution < 1.29 is 19.1 Å². The van der Waals surface area contributed by atoms with E-state index in [1.807, 2.05) is 12.1 Å². The van der Waals surface area contributed by atoms with Crippen LogP contribution in [-0.2, 0) is 4.79 Å². The Kier molecular flexibility index (Phi) is 6.48. The smallest absolute Gasteiger partial charge is 0.225 e. The highest BCUT2D eigenvalue weighted by molar-refractivity contribution is 5.98. The normalized spacial score (nSPS) is 16.4. The third-order valence-corrected chi connectivity index (χ3v) is 5.74. The molecule has 1 N–H and O–H groups in total. The molecule has 0 spiro atoms. The van der Waals surface area contributed by atoms with Crippen molar-refractivity contribution in [2.24, 2.45) is 5.92 Å². The van der Waals surface area contributed by atoms with E-state index in [-0.39, 0.29) is 17.6 Å². The van der Waals surface area contributed by atoms with Gasteiger partial charge >= 0.3 is 0 Å². The number of amides is 1. The summed E-state index contributed by atoms with van der Waals surface area (Å²) in [6.07, 6.45) is 1.95. The Balaban J connectivity index is 1.22. The molecule has 2 heterocycles. The predicted molar refractivity (Wildman–Crippen MR) is 115 cm³/mol. The number of ketones is 1. The number of rotatable bonds is 6. The van der Waals surface area contributed by atoms with Gasteiger partial charge in [-0.2, -0.15) is 5.26 Å². The summed E-state index contributed by atoms with van der Waals surface area (Å²) in [4.78, 5) is 27.3. The fourth-order valence-corrected chi connectivity index (χ4v) is 3.96. The quantitative estimate of drug-likeness (QED) is 0.723. The van der Waals surface area contributed by atoms with Gasteiger partial charge in [0.05, 0.1) is 11.6 Å². The molecule has 2 aromatic carbocycles. The number of likely N-dealkylation sites (tertiary alicyclic amines) is 1. The Bertz CT molecular complexity index is 989. The van der Waals surface area contributed by atoms with Crippen LogP contribution >= 0.6 is 0 Å². The molecule has 0 aliphatic carbocycles. The lowest BCUT2D eigenvalue weighted by atomic mass is 9.88. The van der Waals surface area contributed by atoms with Crippen LogP contribution in [0.3, 0.4) is 0 Å². The van der Waals surface area contributed by atoms with Gasteiger partial charge in [0.2, 0.25) is 5.91 Å². The topological polar surface area (TPSA) is 91.7 Å². The van der Waals surface area contributed by atoms with E-state index in [0.29, 0.717) is 54.5 Å². The molecule has 0 atom stereocenters. The zero-order valence-corrected chi connectivity index (χ0v) is 17.3. The summed E-state index contributed by atoms with van der Waals surface area (Å²) in [5.41, 5.74) is 1.92. The van der Waals surface area contributed by atoms with E-state index in [9.17, 15) is 9.59 Å². The number of carbonyl (C=O) groups excluding carboxylic acids is 2. The van der Waals surface area contributed by atoms with E-state index in [1.165, 1.54) is 0 Å². The Morgan fingerprint density at radius 3 is 2.45 bits per heavy atom. The number of carbonyl (C=O) groups is 2. The van der Waals surface area contributed by atoms with Gasteiger partial charge in [-0.3, -0.25) is 9.59 Å². The molecule has 2 aromatic rings. The fraction of sp³-hybridized carbons (Fsp3) is 0.375. The van der Waals surface area contributed by atoms with Crippen molar-refractivity contribution in [3.8, 4) is 17.6 Å². The summed E-state index contributed by atoms with van der Waals surface area (Å²) >= 11 is 0. The van der Waals surface area contributed by atoms with Gasteiger partial charge in [-0.1, -0.05) is 0 Å². The van der Waals surface area contributed by atoms with Crippen molar-refractivity contribution in [2.45, 2.75) is 19.3 Å². The third kappa shape index (κ3) is 5.22. The van der Waals surface area contributed by atoms with Crippen molar-refractivity contribution in [2.75, 3.05) is 38.2 Å². The molecule has 0 aromatic heterocycles. The molecule has 31 heavy (non-hydrogen) atoms. The monoisotopic (exact) mass is 419 g/mol. The molecule has 2 aliphatic heterocycles. The molecule has 4 rings (SSSR count). The van der Waals surface area contributed by atoms with Gasteiger partial charge < -0.3 is 19.7 Å². The van der Waals surface area contributed by atoms with Crippen molar-refractivity contribution in [1.82, 2.24) is 4.90 Å².